The minimum atomic E-state index is -4.35. The first kappa shape index (κ1) is 12.1. The molecule has 1 aliphatic carbocycles. The van der Waals surface area contributed by atoms with Gasteiger partial charge in [0.15, 0.2) is 5.78 Å². The van der Waals surface area contributed by atoms with Gasteiger partial charge in [-0.1, -0.05) is 12.1 Å². The summed E-state index contributed by atoms with van der Waals surface area (Å²) in [7, 11) is 0. The van der Waals surface area contributed by atoms with Gasteiger partial charge >= 0.3 is 6.18 Å². The van der Waals surface area contributed by atoms with E-state index in [1.165, 1.54) is 12.1 Å². The van der Waals surface area contributed by atoms with E-state index in [1.807, 2.05) is 0 Å². The van der Waals surface area contributed by atoms with E-state index < -0.39 is 11.7 Å². The lowest BCUT2D eigenvalue weighted by Crippen LogP contribution is -2.24. The zero-order valence-electron chi connectivity index (χ0n) is 9.05. The molecule has 0 spiro atoms. The molecule has 1 N–H and O–H groups in total. The van der Waals surface area contributed by atoms with Crippen LogP contribution >= 0.6 is 0 Å². The van der Waals surface area contributed by atoms with E-state index in [-0.39, 0.29) is 12.3 Å². The Balaban J connectivity index is 1.98. The number of hydrogen-bond donors (Lipinski definition) is 1. The van der Waals surface area contributed by atoms with Crippen molar-refractivity contribution in [2.24, 2.45) is 0 Å². The zero-order valence-corrected chi connectivity index (χ0v) is 9.05. The highest BCUT2D eigenvalue weighted by molar-refractivity contribution is 5.97. The highest BCUT2D eigenvalue weighted by Crippen LogP contribution is 2.29. The molecule has 0 heterocycles. The molecule has 0 unspecified atom stereocenters. The predicted octanol–water partition coefficient (Wildman–Crippen LogP) is 2.64. The van der Waals surface area contributed by atoms with Crippen LogP contribution in [0, 0.1) is 0 Å². The summed E-state index contributed by atoms with van der Waals surface area (Å²) in [5.74, 6) is -0.175. The fourth-order valence-corrected chi connectivity index (χ4v) is 1.47. The summed E-state index contributed by atoms with van der Waals surface area (Å²) in [6, 6.07) is 4.72. The zero-order chi connectivity index (χ0) is 12.5. The Morgan fingerprint density at radius 1 is 1.24 bits per heavy atom. The monoisotopic (exact) mass is 243 g/mol. The van der Waals surface area contributed by atoms with Gasteiger partial charge in [-0.2, -0.15) is 13.2 Å². The molecule has 2 rings (SSSR count). The van der Waals surface area contributed by atoms with E-state index in [9.17, 15) is 18.0 Å². The van der Waals surface area contributed by atoms with Crippen LogP contribution in [0.25, 0.3) is 0 Å². The number of rotatable bonds is 4. The van der Waals surface area contributed by atoms with E-state index in [0.717, 1.165) is 25.0 Å². The van der Waals surface area contributed by atoms with Gasteiger partial charge in [0.25, 0.3) is 0 Å². The Labute approximate surface area is 96.8 Å². The maximum atomic E-state index is 12.3. The van der Waals surface area contributed by atoms with Crippen LogP contribution in [0.4, 0.5) is 13.2 Å². The standard InChI is InChI=1S/C12H12F3NO/c13-12(14,15)9-3-1-8(2-4-9)11(17)7-16-10-5-6-10/h1-4,10,16H,5-7H2. The van der Waals surface area contributed by atoms with Gasteiger partial charge in [-0.3, -0.25) is 4.79 Å². The lowest BCUT2D eigenvalue weighted by Gasteiger charge is -2.07. The van der Waals surface area contributed by atoms with Crippen LogP contribution in [0.5, 0.6) is 0 Å². The van der Waals surface area contributed by atoms with Crippen molar-refractivity contribution in [3.63, 3.8) is 0 Å². The van der Waals surface area contributed by atoms with E-state index in [1.54, 1.807) is 0 Å². The van der Waals surface area contributed by atoms with Gasteiger partial charge in [0.2, 0.25) is 0 Å². The minimum absolute atomic E-state index is 0.175. The maximum Gasteiger partial charge on any atom is 0.416 e. The molecular weight excluding hydrogens is 231 g/mol. The van der Waals surface area contributed by atoms with Crippen LogP contribution in [-0.4, -0.2) is 18.4 Å². The summed E-state index contributed by atoms with van der Waals surface area (Å²) < 4.78 is 36.9. The Morgan fingerprint density at radius 3 is 2.29 bits per heavy atom. The van der Waals surface area contributed by atoms with Gasteiger partial charge < -0.3 is 5.32 Å². The van der Waals surface area contributed by atoms with Crippen LogP contribution in [0.1, 0.15) is 28.8 Å². The molecule has 0 saturated heterocycles. The summed E-state index contributed by atoms with van der Waals surface area (Å²) in [5.41, 5.74) is -0.421. The first-order chi connectivity index (χ1) is 7.97. The van der Waals surface area contributed by atoms with Gasteiger partial charge in [-0.15, -0.1) is 0 Å². The van der Waals surface area contributed by atoms with Crippen LogP contribution in [0.2, 0.25) is 0 Å². The average Bonchev–Trinajstić information content (AvgIpc) is 3.09. The van der Waals surface area contributed by atoms with E-state index in [2.05, 4.69) is 5.32 Å². The molecule has 0 bridgehead atoms. The van der Waals surface area contributed by atoms with Gasteiger partial charge in [0.1, 0.15) is 0 Å². The summed E-state index contributed by atoms with van der Waals surface area (Å²) in [5, 5.41) is 3.03. The van der Waals surface area contributed by atoms with Gasteiger partial charge in [0.05, 0.1) is 12.1 Å². The van der Waals surface area contributed by atoms with Gasteiger partial charge in [0, 0.05) is 11.6 Å². The normalized spacial score (nSPS) is 15.9. The molecule has 17 heavy (non-hydrogen) atoms. The average molecular weight is 243 g/mol. The smallest absolute Gasteiger partial charge is 0.307 e. The number of carbonyl (C=O) groups excluding carboxylic acids is 1. The second-order valence-electron chi connectivity index (χ2n) is 4.15. The molecule has 92 valence electrons. The molecule has 0 aliphatic heterocycles. The van der Waals surface area contributed by atoms with Crippen LogP contribution in [0.3, 0.4) is 0 Å². The van der Waals surface area contributed by atoms with Gasteiger partial charge in [-0.25, -0.2) is 0 Å². The number of hydrogen-bond acceptors (Lipinski definition) is 2. The number of carbonyl (C=O) groups is 1. The third kappa shape index (κ3) is 3.30. The van der Waals surface area contributed by atoms with Crippen molar-refractivity contribution in [2.45, 2.75) is 25.1 Å². The first-order valence-corrected chi connectivity index (χ1v) is 5.40. The molecule has 1 aromatic rings. The topological polar surface area (TPSA) is 29.1 Å². The minimum Gasteiger partial charge on any atom is -0.307 e. The lowest BCUT2D eigenvalue weighted by molar-refractivity contribution is -0.137. The third-order valence-corrected chi connectivity index (χ3v) is 2.66. The Bertz CT molecular complexity index is 407. The van der Waals surface area contributed by atoms with Crippen molar-refractivity contribution in [1.82, 2.24) is 5.32 Å². The molecule has 1 saturated carbocycles. The number of halogens is 3. The number of Topliss-reactive ketones (excluding diaryl/α,β-unsaturated/α-hetero) is 1. The maximum absolute atomic E-state index is 12.3. The summed E-state index contributed by atoms with van der Waals surface area (Å²) >= 11 is 0. The molecule has 2 nitrogen and oxygen atoms in total. The summed E-state index contributed by atoms with van der Waals surface area (Å²) in [6.07, 6.45) is -2.21. The molecule has 0 radical (unpaired) electrons. The second kappa shape index (κ2) is 4.49. The van der Waals surface area contributed by atoms with E-state index in [0.29, 0.717) is 11.6 Å². The van der Waals surface area contributed by atoms with Crippen LogP contribution in [0.15, 0.2) is 24.3 Å². The molecule has 5 heteroatoms. The number of alkyl halides is 3. The van der Waals surface area contributed by atoms with Gasteiger partial charge in [-0.05, 0) is 25.0 Å². The number of benzene rings is 1. The van der Waals surface area contributed by atoms with Crippen LogP contribution in [-0.2, 0) is 6.18 Å². The van der Waals surface area contributed by atoms with E-state index in [4.69, 9.17) is 0 Å². The summed E-state index contributed by atoms with van der Waals surface area (Å²) in [6.45, 7) is 0.191. The fourth-order valence-electron chi connectivity index (χ4n) is 1.47. The van der Waals surface area contributed by atoms with Crippen LogP contribution < -0.4 is 5.32 Å². The molecule has 1 aliphatic rings. The Hall–Kier alpha value is -1.36. The SMILES string of the molecule is O=C(CNC1CC1)c1ccc(C(F)(F)F)cc1. The first-order valence-electron chi connectivity index (χ1n) is 5.40. The highest BCUT2D eigenvalue weighted by atomic mass is 19.4. The van der Waals surface area contributed by atoms with E-state index >= 15 is 0 Å². The van der Waals surface area contributed by atoms with Crippen molar-refractivity contribution < 1.29 is 18.0 Å². The second-order valence-corrected chi connectivity index (χ2v) is 4.15. The Kier molecular flexibility index (Phi) is 3.19. The van der Waals surface area contributed by atoms with Crippen molar-refractivity contribution in [3.05, 3.63) is 35.4 Å². The quantitative estimate of drug-likeness (QED) is 0.824. The molecule has 0 amide bonds. The van der Waals surface area contributed by atoms with Crippen molar-refractivity contribution >= 4 is 5.78 Å². The molecule has 1 aromatic carbocycles. The molecule has 0 atom stereocenters. The number of ketones is 1. The summed E-state index contributed by atoms with van der Waals surface area (Å²) in [4.78, 5) is 11.6. The highest BCUT2D eigenvalue weighted by Gasteiger charge is 2.30. The third-order valence-electron chi connectivity index (χ3n) is 2.66. The number of nitrogens with one attached hydrogen (secondary N) is 1. The van der Waals surface area contributed by atoms with Crippen molar-refractivity contribution in [2.75, 3.05) is 6.54 Å². The van der Waals surface area contributed by atoms with Crippen molar-refractivity contribution in [3.8, 4) is 0 Å². The van der Waals surface area contributed by atoms with Crippen molar-refractivity contribution in [1.29, 1.82) is 0 Å². The molecule has 0 aromatic heterocycles. The largest absolute Gasteiger partial charge is 0.416 e. The lowest BCUT2D eigenvalue weighted by atomic mass is 10.1. The molecular formula is C12H12F3NO. The fraction of sp³-hybridized carbons (Fsp3) is 0.417. The Morgan fingerprint density at radius 2 is 1.82 bits per heavy atom. The molecule has 1 fully saturated rings. The predicted molar refractivity (Wildman–Crippen MR) is 56.8 cm³/mol.